The molecule has 20 heavy (non-hydrogen) atoms. The lowest BCUT2D eigenvalue weighted by molar-refractivity contribution is -0.134. The Morgan fingerprint density at radius 1 is 1.05 bits per heavy atom. The van der Waals surface area contributed by atoms with Crippen molar-refractivity contribution in [3.05, 3.63) is 24.3 Å². The lowest BCUT2D eigenvalue weighted by Gasteiger charge is -2.37. The molecule has 2 rings (SSSR count). The summed E-state index contributed by atoms with van der Waals surface area (Å²) >= 11 is 0. The molecule has 110 valence electrons. The van der Waals surface area contributed by atoms with E-state index in [0.29, 0.717) is 0 Å². The molecule has 0 bridgehead atoms. The van der Waals surface area contributed by atoms with Gasteiger partial charge in [-0.2, -0.15) is 0 Å². The van der Waals surface area contributed by atoms with Crippen molar-refractivity contribution in [2.24, 2.45) is 5.92 Å². The number of hydrogen-bond acceptors (Lipinski definition) is 3. The molecule has 0 atom stereocenters. The smallest absolute Gasteiger partial charge is 0.225 e. The monoisotopic (exact) mass is 275 g/mol. The van der Waals surface area contributed by atoms with Crippen LogP contribution in [-0.2, 0) is 4.79 Å². The van der Waals surface area contributed by atoms with Crippen molar-refractivity contribution >= 4 is 17.3 Å². The van der Waals surface area contributed by atoms with Crippen molar-refractivity contribution in [3.63, 3.8) is 0 Å². The Bertz CT molecular complexity index is 445. The SMILES string of the molecule is CC(C)C(=O)N1CCN(c2ccc(N(C)C)cc2)CC1. The van der Waals surface area contributed by atoms with Crippen LogP contribution in [0.1, 0.15) is 13.8 Å². The maximum atomic E-state index is 12.0. The first-order chi connectivity index (χ1) is 9.49. The minimum atomic E-state index is 0.0981. The number of piperazine rings is 1. The van der Waals surface area contributed by atoms with Gasteiger partial charge < -0.3 is 14.7 Å². The maximum Gasteiger partial charge on any atom is 0.225 e. The average molecular weight is 275 g/mol. The van der Waals surface area contributed by atoms with Gasteiger partial charge in [-0.15, -0.1) is 0 Å². The van der Waals surface area contributed by atoms with E-state index in [-0.39, 0.29) is 11.8 Å². The van der Waals surface area contributed by atoms with Gasteiger partial charge in [0.25, 0.3) is 0 Å². The Kier molecular flexibility index (Phi) is 4.53. The topological polar surface area (TPSA) is 26.8 Å². The molecule has 0 radical (unpaired) electrons. The summed E-state index contributed by atoms with van der Waals surface area (Å²) in [4.78, 5) is 18.4. The Labute approximate surface area is 122 Å². The first-order valence-electron chi connectivity index (χ1n) is 7.30. The molecular formula is C16H25N3O. The van der Waals surface area contributed by atoms with Gasteiger partial charge in [0.05, 0.1) is 0 Å². The van der Waals surface area contributed by atoms with Crippen LogP contribution >= 0.6 is 0 Å². The standard InChI is InChI=1S/C16H25N3O/c1-13(2)16(20)19-11-9-18(10-12-19)15-7-5-14(6-8-15)17(3)4/h5-8,13H,9-12H2,1-4H3. The Balaban J connectivity index is 1.95. The van der Waals surface area contributed by atoms with E-state index >= 15 is 0 Å². The molecule has 0 aliphatic carbocycles. The fourth-order valence-electron chi connectivity index (χ4n) is 2.51. The lowest BCUT2D eigenvalue weighted by Crippen LogP contribution is -2.49. The van der Waals surface area contributed by atoms with E-state index in [0.717, 1.165) is 26.2 Å². The molecule has 4 nitrogen and oxygen atoms in total. The van der Waals surface area contributed by atoms with Gasteiger partial charge in [0.1, 0.15) is 0 Å². The zero-order chi connectivity index (χ0) is 14.7. The van der Waals surface area contributed by atoms with Crippen LogP contribution in [0.2, 0.25) is 0 Å². The highest BCUT2D eigenvalue weighted by Gasteiger charge is 2.22. The molecule has 1 saturated heterocycles. The number of amides is 1. The first-order valence-corrected chi connectivity index (χ1v) is 7.30. The molecule has 1 aromatic carbocycles. The van der Waals surface area contributed by atoms with E-state index in [1.807, 2.05) is 32.8 Å². The van der Waals surface area contributed by atoms with Crippen molar-refractivity contribution in [2.45, 2.75) is 13.8 Å². The van der Waals surface area contributed by atoms with Crippen LogP contribution in [0.25, 0.3) is 0 Å². The van der Waals surface area contributed by atoms with Crippen LogP contribution in [0.4, 0.5) is 11.4 Å². The largest absolute Gasteiger partial charge is 0.378 e. The molecule has 1 amide bonds. The van der Waals surface area contributed by atoms with Gasteiger partial charge in [-0.05, 0) is 24.3 Å². The van der Waals surface area contributed by atoms with Gasteiger partial charge in [0.2, 0.25) is 5.91 Å². The minimum absolute atomic E-state index is 0.0981. The van der Waals surface area contributed by atoms with Crippen molar-refractivity contribution in [3.8, 4) is 0 Å². The van der Waals surface area contributed by atoms with Crippen molar-refractivity contribution in [1.82, 2.24) is 4.90 Å². The summed E-state index contributed by atoms with van der Waals surface area (Å²) in [6.45, 7) is 7.42. The molecular weight excluding hydrogens is 250 g/mol. The number of rotatable bonds is 3. The van der Waals surface area contributed by atoms with E-state index in [1.54, 1.807) is 0 Å². The van der Waals surface area contributed by atoms with Crippen LogP contribution in [-0.4, -0.2) is 51.1 Å². The van der Waals surface area contributed by atoms with Gasteiger partial charge in [0, 0.05) is 57.6 Å². The van der Waals surface area contributed by atoms with Gasteiger partial charge >= 0.3 is 0 Å². The molecule has 1 fully saturated rings. The Morgan fingerprint density at radius 2 is 1.60 bits per heavy atom. The number of carbonyl (C=O) groups excluding carboxylic acids is 1. The molecule has 0 unspecified atom stereocenters. The number of hydrogen-bond donors (Lipinski definition) is 0. The molecule has 0 saturated carbocycles. The summed E-state index contributed by atoms with van der Waals surface area (Å²) in [6, 6.07) is 8.60. The summed E-state index contributed by atoms with van der Waals surface area (Å²) in [5.74, 6) is 0.369. The Morgan fingerprint density at radius 3 is 2.05 bits per heavy atom. The van der Waals surface area contributed by atoms with E-state index in [2.05, 4.69) is 34.1 Å². The second kappa shape index (κ2) is 6.16. The third kappa shape index (κ3) is 3.24. The molecule has 1 aliphatic rings. The number of carbonyl (C=O) groups is 1. The fourth-order valence-corrected chi connectivity index (χ4v) is 2.51. The number of benzene rings is 1. The van der Waals surface area contributed by atoms with E-state index in [4.69, 9.17) is 0 Å². The number of anilines is 2. The van der Waals surface area contributed by atoms with E-state index in [9.17, 15) is 4.79 Å². The zero-order valence-electron chi connectivity index (χ0n) is 13.0. The van der Waals surface area contributed by atoms with Gasteiger partial charge in [-0.25, -0.2) is 0 Å². The summed E-state index contributed by atoms with van der Waals surface area (Å²) in [6.07, 6.45) is 0. The predicted octanol–water partition coefficient (Wildman–Crippen LogP) is 2.06. The molecule has 1 aliphatic heterocycles. The quantitative estimate of drug-likeness (QED) is 0.845. The summed E-state index contributed by atoms with van der Waals surface area (Å²) in [5, 5.41) is 0. The summed E-state index contributed by atoms with van der Waals surface area (Å²) in [5.41, 5.74) is 2.45. The summed E-state index contributed by atoms with van der Waals surface area (Å²) < 4.78 is 0. The van der Waals surface area contributed by atoms with E-state index in [1.165, 1.54) is 11.4 Å². The predicted molar refractivity (Wildman–Crippen MR) is 84.4 cm³/mol. The second-order valence-electron chi connectivity index (χ2n) is 5.88. The van der Waals surface area contributed by atoms with Crippen LogP contribution in [0, 0.1) is 5.92 Å². The van der Waals surface area contributed by atoms with Crippen molar-refractivity contribution in [2.75, 3.05) is 50.1 Å². The third-order valence-corrected chi connectivity index (χ3v) is 3.82. The van der Waals surface area contributed by atoms with E-state index < -0.39 is 0 Å². The zero-order valence-corrected chi connectivity index (χ0v) is 13.0. The highest BCUT2D eigenvalue weighted by molar-refractivity contribution is 5.78. The van der Waals surface area contributed by atoms with Crippen LogP contribution in [0.15, 0.2) is 24.3 Å². The highest BCUT2D eigenvalue weighted by Crippen LogP contribution is 2.21. The minimum Gasteiger partial charge on any atom is -0.378 e. The maximum absolute atomic E-state index is 12.0. The van der Waals surface area contributed by atoms with Gasteiger partial charge in [-0.3, -0.25) is 4.79 Å². The van der Waals surface area contributed by atoms with Crippen LogP contribution in [0.5, 0.6) is 0 Å². The fraction of sp³-hybridized carbons (Fsp3) is 0.562. The third-order valence-electron chi connectivity index (χ3n) is 3.82. The van der Waals surface area contributed by atoms with Crippen molar-refractivity contribution in [1.29, 1.82) is 0 Å². The van der Waals surface area contributed by atoms with Crippen molar-refractivity contribution < 1.29 is 4.79 Å². The average Bonchev–Trinajstić information content (AvgIpc) is 2.46. The normalized spacial score (nSPS) is 15.7. The molecule has 0 spiro atoms. The molecule has 1 heterocycles. The van der Waals surface area contributed by atoms with Gasteiger partial charge in [0.15, 0.2) is 0 Å². The first kappa shape index (κ1) is 14.7. The highest BCUT2D eigenvalue weighted by atomic mass is 16.2. The Hall–Kier alpha value is -1.71. The van der Waals surface area contributed by atoms with Crippen LogP contribution < -0.4 is 9.80 Å². The lowest BCUT2D eigenvalue weighted by atomic mass is 10.1. The number of nitrogens with zero attached hydrogens (tertiary/aromatic N) is 3. The molecule has 1 aromatic rings. The molecule has 0 aromatic heterocycles. The molecule has 0 N–H and O–H groups in total. The molecule has 4 heteroatoms. The van der Waals surface area contributed by atoms with Crippen LogP contribution in [0.3, 0.4) is 0 Å². The van der Waals surface area contributed by atoms with Gasteiger partial charge in [-0.1, -0.05) is 13.8 Å². The second-order valence-corrected chi connectivity index (χ2v) is 5.88. The summed E-state index contributed by atoms with van der Waals surface area (Å²) in [7, 11) is 4.09.